The van der Waals surface area contributed by atoms with E-state index in [1.807, 2.05) is 0 Å². The quantitative estimate of drug-likeness (QED) is 0.415. The van der Waals surface area contributed by atoms with Gasteiger partial charge in [-0.3, -0.25) is 0 Å². The van der Waals surface area contributed by atoms with Crippen LogP contribution in [-0.4, -0.2) is 32.4 Å². The van der Waals surface area contributed by atoms with Crippen molar-refractivity contribution in [3.63, 3.8) is 0 Å². The van der Waals surface area contributed by atoms with Gasteiger partial charge in [-0.15, -0.1) is 0 Å². The highest BCUT2D eigenvalue weighted by Gasteiger charge is 2.41. The number of nitrogens with zero attached hydrogens (tertiary/aromatic N) is 3. The van der Waals surface area contributed by atoms with Crippen LogP contribution >= 0.6 is 0 Å². The molecule has 0 spiro atoms. The first-order chi connectivity index (χ1) is 14.5. The first-order valence-electron chi connectivity index (χ1n) is 8.75. The van der Waals surface area contributed by atoms with Crippen LogP contribution in [0.1, 0.15) is 12.5 Å². The maximum Gasteiger partial charge on any atom is 0.425 e. The minimum atomic E-state index is -4.97. The van der Waals surface area contributed by atoms with Crippen LogP contribution in [0, 0.1) is 0 Å². The van der Waals surface area contributed by atoms with E-state index in [0.717, 1.165) is 12.1 Å². The molecule has 1 aromatic carbocycles. The zero-order valence-electron chi connectivity index (χ0n) is 15.5. The SMILES string of the molecule is C[C@@H](Oc1ccc(-c2nc(-c3ccnc4[nH]ccc34)no2)cc1C(F)(F)F)C(F)(F)F. The number of fused-ring (bicyclic) bond motifs is 1. The van der Waals surface area contributed by atoms with E-state index >= 15 is 0 Å². The molecule has 3 heterocycles. The van der Waals surface area contributed by atoms with E-state index in [4.69, 9.17) is 4.52 Å². The molecule has 0 radical (unpaired) electrons. The highest BCUT2D eigenvalue weighted by molar-refractivity contribution is 5.90. The van der Waals surface area contributed by atoms with Crippen LogP contribution in [0.15, 0.2) is 47.2 Å². The molecule has 0 fully saturated rings. The number of H-pyrrole nitrogens is 1. The molecular weight excluding hydrogens is 430 g/mol. The molecule has 4 rings (SSSR count). The number of rotatable bonds is 4. The van der Waals surface area contributed by atoms with Crippen molar-refractivity contribution in [2.45, 2.75) is 25.4 Å². The molecular formula is C19H12F6N4O2. The van der Waals surface area contributed by atoms with E-state index in [-0.39, 0.29) is 17.3 Å². The first kappa shape index (κ1) is 20.7. The molecule has 1 atom stereocenters. The highest BCUT2D eigenvalue weighted by Crippen LogP contribution is 2.40. The molecule has 0 aliphatic heterocycles. The molecule has 0 saturated heterocycles. The Balaban J connectivity index is 1.72. The summed E-state index contributed by atoms with van der Waals surface area (Å²) >= 11 is 0. The first-order valence-corrected chi connectivity index (χ1v) is 8.75. The van der Waals surface area contributed by atoms with Gasteiger partial charge >= 0.3 is 12.4 Å². The maximum absolute atomic E-state index is 13.5. The zero-order chi connectivity index (χ0) is 22.4. The summed E-state index contributed by atoms with van der Waals surface area (Å²) in [7, 11) is 0. The predicted octanol–water partition coefficient (Wildman–Crippen LogP) is 5.63. The van der Waals surface area contributed by atoms with Crippen molar-refractivity contribution >= 4 is 11.0 Å². The molecule has 31 heavy (non-hydrogen) atoms. The third-order valence-corrected chi connectivity index (χ3v) is 4.42. The number of nitrogens with one attached hydrogen (secondary N) is 1. The summed E-state index contributed by atoms with van der Waals surface area (Å²) in [6.45, 7) is 0.620. The smallest absolute Gasteiger partial charge is 0.425 e. The van der Waals surface area contributed by atoms with Crippen LogP contribution in [0.25, 0.3) is 33.9 Å². The largest absolute Gasteiger partial charge is 0.481 e. The third kappa shape index (κ3) is 4.05. The van der Waals surface area contributed by atoms with Gasteiger partial charge in [0.05, 0.1) is 5.56 Å². The molecule has 3 aromatic heterocycles. The molecule has 1 N–H and O–H groups in total. The van der Waals surface area contributed by atoms with Crippen molar-refractivity contribution < 1.29 is 35.6 Å². The number of halogens is 6. The van der Waals surface area contributed by atoms with Crippen LogP contribution in [0.5, 0.6) is 5.75 Å². The lowest BCUT2D eigenvalue weighted by atomic mass is 10.1. The fourth-order valence-corrected chi connectivity index (χ4v) is 2.85. The van der Waals surface area contributed by atoms with Crippen LogP contribution in [-0.2, 0) is 6.18 Å². The summed E-state index contributed by atoms with van der Waals surface area (Å²) in [6, 6.07) is 5.85. The van der Waals surface area contributed by atoms with Crippen molar-refractivity contribution in [1.29, 1.82) is 0 Å². The number of hydrogen-bond acceptors (Lipinski definition) is 5. The van der Waals surface area contributed by atoms with E-state index in [0.29, 0.717) is 29.6 Å². The van der Waals surface area contributed by atoms with E-state index in [9.17, 15) is 26.3 Å². The summed E-state index contributed by atoms with van der Waals surface area (Å²) < 4.78 is 88.1. The fraction of sp³-hybridized carbons (Fsp3) is 0.211. The third-order valence-electron chi connectivity index (χ3n) is 4.42. The summed E-state index contributed by atoms with van der Waals surface area (Å²) in [4.78, 5) is 11.2. The topological polar surface area (TPSA) is 76.8 Å². The van der Waals surface area contributed by atoms with Crippen molar-refractivity contribution in [2.24, 2.45) is 0 Å². The number of ether oxygens (including phenoxy) is 1. The Morgan fingerprint density at radius 2 is 1.84 bits per heavy atom. The number of aromatic nitrogens is 4. The van der Waals surface area contributed by atoms with Crippen molar-refractivity contribution in [3.8, 4) is 28.6 Å². The standard InChI is InChI=1S/C19H12F6N4O2/c1-9(18(20,21)22)30-14-3-2-10(8-13(14)19(23,24)25)17-28-16(29-31-17)12-5-7-27-15-11(12)4-6-26-15/h2-9H,1H3,(H,26,27)/t9-/m1/s1. The Bertz CT molecular complexity index is 1230. The second-order valence-corrected chi connectivity index (χ2v) is 6.53. The van der Waals surface area contributed by atoms with E-state index < -0.39 is 29.8 Å². The Morgan fingerprint density at radius 3 is 2.55 bits per heavy atom. The van der Waals surface area contributed by atoms with Gasteiger partial charge in [-0.1, -0.05) is 5.16 Å². The Kier molecular flexibility index (Phi) is 4.86. The molecule has 0 bridgehead atoms. The van der Waals surface area contributed by atoms with Gasteiger partial charge in [0.2, 0.25) is 5.82 Å². The fourth-order valence-electron chi connectivity index (χ4n) is 2.85. The van der Waals surface area contributed by atoms with Crippen molar-refractivity contribution in [3.05, 3.63) is 48.3 Å². The lowest BCUT2D eigenvalue weighted by Gasteiger charge is -2.20. The van der Waals surface area contributed by atoms with Gasteiger partial charge in [0.25, 0.3) is 5.89 Å². The Hall–Kier alpha value is -3.57. The number of benzene rings is 1. The van der Waals surface area contributed by atoms with E-state index in [1.54, 1.807) is 18.3 Å². The summed E-state index contributed by atoms with van der Waals surface area (Å²) in [6.07, 6.45) is -9.07. The van der Waals surface area contributed by atoms with Crippen LogP contribution < -0.4 is 4.74 Å². The Labute approximate surface area is 169 Å². The van der Waals surface area contributed by atoms with E-state index in [1.165, 1.54) is 6.20 Å². The van der Waals surface area contributed by atoms with Crippen LogP contribution in [0.4, 0.5) is 26.3 Å². The lowest BCUT2D eigenvalue weighted by Crippen LogP contribution is -2.31. The number of hydrogen-bond donors (Lipinski definition) is 1. The average Bonchev–Trinajstić information content (AvgIpc) is 3.36. The molecule has 162 valence electrons. The molecule has 0 saturated carbocycles. The maximum atomic E-state index is 13.5. The second-order valence-electron chi connectivity index (χ2n) is 6.53. The highest BCUT2D eigenvalue weighted by atomic mass is 19.4. The van der Waals surface area contributed by atoms with Gasteiger partial charge in [-0.05, 0) is 37.3 Å². The zero-order valence-corrected chi connectivity index (χ0v) is 15.5. The van der Waals surface area contributed by atoms with Gasteiger partial charge in [0.15, 0.2) is 6.10 Å². The van der Waals surface area contributed by atoms with Gasteiger partial charge in [0.1, 0.15) is 11.4 Å². The normalized spacial score (nSPS) is 13.5. The number of pyridine rings is 1. The van der Waals surface area contributed by atoms with Gasteiger partial charge in [-0.2, -0.15) is 31.3 Å². The molecule has 12 heteroatoms. The minimum absolute atomic E-state index is 0.113. The van der Waals surface area contributed by atoms with Crippen LogP contribution in [0.2, 0.25) is 0 Å². The summed E-state index contributed by atoms with van der Waals surface area (Å²) in [5.41, 5.74) is -0.421. The van der Waals surface area contributed by atoms with Gasteiger partial charge in [-0.25, -0.2) is 4.98 Å². The molecule has 6 nitrogen and oxygen atoms in total. The van der Waals surface area contributed by atoms with Crippen molar-refractivity contribution in [1.82, 2.24) is 20.1 Å². The van der Waals surface area contributed by atoms with Crippen molar-refractivity contribution in [2.75, 3.05) is 0 Å². The predicted molar refractivity (Wildman–Crippen MR) is 96.0 cm³/mol. The Morgan fingerprint density at radius 1 is 1.06 bits per heavy atom. The molecule has 0 unspecified atom stereocenters. The van der Waals surface area contributed by atoms with E-state index in [2.05, 4.69) is 24.8 Å². The summed E-state index contributed by atoms with van der Waals surface area (Å²) in [5, 5.41) is 4.48. The monoisotopic (exact) mass is 442 g/mol. The summed E-state index contributed by atoms with van der Waals surface area (Å²) in [5.74, 6) is -1.08. The number of aromatic amines is 1. The average molecular weight is 442 g/mol. The molecule has 0 aliphatic rings. The minimum Gasteiger partial charge on any atom is -0.481 e. The molecule has 4 aromatic rings. The lowest BCUT2D eigenvalue weighted by molar-refractivity contribution is -0.191. The molecule has 0 amide bonds. The second kappa shape index (κ2) is 7.29. The molecule has 0 aliphatic carbocycles. The number of alkyl halides is 6. The van der Waals surface area contributed by atoms with Gasteiger partial charge < -0.3 is 14.2 Å². The van der Waals surface area contributed by atoms with Gasteiger partial charge in [0, 0.05) is 28.9 Å². The van der Waals surface area contributed by atoms with Crippen LogP contribution in [0.3, 0.4) is 0 Å².